The lowest BCUT2D eigenvalue weighted by atomic mass is 9.91. The maximum Gasteiger partial charge on any atom is 0.102 e. The molecule has 20 heavy (non-hydrogen) atoms. The molecule has 2 heterocycles. The first-order chi connectivity index (χ1) is 9.50. The molecule has 2 rings (SSSR count). The predicted octanol–water partition coefficient (Wildman–Crippen LogP) is 1.81. The first-order valence-corrected chi connectivity index (χ1v) is 8.17. The average molecular weight is 278 g/mol. The van der Waals surface area contributed by atoms with Crippen molar-refractivity contribution >= 4 is 0 Å². The third kappa shape index (κ3) is 4.44. The van der Waals surface area contributed by atoms with Crippen molar-refractivity contribution in [1.29, 1.82) is 5.26 Å². The van der Waals surface area contributed by atoms with E-state index in [1.165, 1.54) is 58.4 Å². The van der Waals surface area contributed by atoms with Crippen LogP contribution in [0.2, 0.25) is 0 Å². The molecule has 2 aliphatic heterocycles. The summed E-state index contributed by atoms with van der Waals surface area (Å²) in [6.45, 7) is 10.3. The van der Waals surface area contributed by atoms with Crippen molar-refractivity contribution in [2.45, 2.75) is 57.5 Å². The highest BCUT2D eigenvalue weighted by atomic mass is 15.2. The Balaban J connectivity index is 1.72. The normalized spacial score (nSPS) is 27.1. The number of nitriles is 1. The van der Waals surface area contributed by atoms with E-state index in [0.29, 0.717) is 6.04 Å². The van der Waals surface area contributed by atoms with Gasteiger partial charge in [0.1, 0.15) is 5.54 Å². The van der Waals surface area contributed by atoms with Crippen LogP contribution in [0.4, 0.5) is 0 Å². The Labute approximate surface area is 123 Å². The Morgan fingerprint density at radius 3 is 2.40 bits per heavy atom. The number of rotatable bonds is 5. The van der Waals surface area contributed by atoms with Crippen LogP contribution in [-0.4, -0.2) is 54.1 Å². The second-order valence-electron chi connectivity index (χ2n) is 7.07. The van der Waals surface area contributed by atoms with Crippen LogP contribution in [0.3, 0.4) is 0 Å². The fraction of sp³-hybridized carbons (Fsp3) is 0.938. The van der Waals surface area contributed by atoms with Gasteiger partial charge in [0.15, 0.2) is 0 Å². The largest absolute Gasteiger partial charge is 0.314 e. The molecule has 4 heteroatoms. The zero-order chi connectivity index (χ0) is 14.6. The lowest BCUT2D eigenvalue weighted by molar-refractivity contribution is 0.111. The van der Waals surface area contributed by atoms with E-state index in [1.807, 2.05) is 6.92 Å². The average Bonchev–Trinajstić information content (AvgIpc) is 2.92. The molecule has 0 bridgehead atoms. The monoisotopic (exact) mass is 278 g/mol. The molecule has 0 amide bonds. The Bertz CT molecular complexity index is 333. The summed E-state index contributed by atoms with van der Waals surface area (Å²) in [5.41, 5.74) is 5.28. The summed E-state index contributed by atoms with van der Waals surface area (Å²) < 4.78 is 0. The van der Waals surface area contributed by atoms with Gasteiger partial charge in [0.05, 0.1) is 6.07 Å². The minimum absolute atomic E-state index is 0.414. The van der Waals surface area contributed by atoms with Crippen molar-refractivity contribution in [3.63, 3.8) is 0 Å². The van der Waals surface area contributed by atoms with Gasteiger partial charge in [-0.25, -0.2) is 0 Å². The van der Waals surface area contributed by atoms with Crippen molar-refractivity contribution in [3.8, 4) is 6.07 Å². The number of hydrogen-bond acceptors (Lipinski definition) is 4. The topological polar surface area (TPSA) is 56.3 Å². The molecule has 0 aromatic heterocycles. The van der Waals surface area contributed by atoms with Gasteiger partial charge in [-0.3, -0.25) is 0 Å². The minimum Gasteiger partial charge on any atom is -0.314 e. The summed E-state index contributed by atoms with van der Waals surface area (Å²) >= 11 is 0. The van der Waals surface area contributed by atoms with Crippen LogP contribution in [0.5, 0.6) is 0 Å². The molecule has 2 saturated heterocycles. The second kappa shape index (κ2) is 6.89. The molecular formula is C16H30N4. The number of hydrogen-bond donors (Lipinski definition) is 1. The number of piperidine rings is 1. The van der Waals surface area contributed by atoms with E-state index < -0.39 is 5.54 Å². The quantitative estimate of drug-likeness (QED) is 0.833. The molecule has 0 saturated carbocycles. The summed E-state index contributed by atoms with van der Waals surface area (Å²) in [6.07, 6.45) is 6.14. The van der Waals surface area contributed by atoms with Crippen LogP contribution in [0.1, 0.15) is 46.0 Å². The molecule has 0 radical (unpaired) electrons. The van der Waals surface area contributed by atoms with Crippen LogP contribution in [-0.2, 0) is 0 Å². The Kier molecular flexibility index (Phi) is 5.42. The zero-order valence-electron chi connectivity index (χ0n) is 13.1. The van der Waals surface area contributed by atoms with Gasteiger partial charge in [-0.2, -0.15) is 5.26 Å². The van der Waals surface area contributed by atoms with Crippen molar-refractivity contribution in [1.82, 2.24) is 9.80 Å². The third-order valence-electron chi connectivity index (χ3n) is 4.96. The summed E-state index contributed by atoms with van der Waals surface area (Å²) in [5.74, 6) is 0.872. The summed E-state index contributed by atoms with van der Waals surface area (Å²) in [6, 6.07) is 2.63. The van der Waals surface area contributed by atoms with Gasteiger partial charge in [-0.05, 0) is 78.0 Å². The molecule has 2 unspecified atom stereocenters. The van der Waals surface area contributed by atoms with Gasteiger partial charge in [-0.1, -0.05) is 0 Å². The lowest BCUT2D eigenvalue weighted by Gasteiger charge is -2.38. The number of nitrogens with two attached hydrogens (primary N) is 1. The highest BCUT2D eigenvalue weighted by Crippen LogP contribution is 2.24. The molecule has 0 aromatic carbocycles. The molecule has 0 aliphatic carbocycles. The van der Waals surface area contributed by atoms with E-state index in [2.05, 4.69) is 22.8 Å². The van der Waals surface area contributed by atoms with E-state index in [-0.39, 0.29) is 0 Å². The molecule has 4 nitrogen and oxygen atoms in total. The molecule has 2 fully saturated rings. The van der Waals surface area contributed by atoms with Gasteiger partial charge in [0.2, 0.25) is 0 Å². The van der Waals surface area contributed by atoms with E-state index in [9.17, 15) is 0 Å². The predicted molar refractivity (Wildman–Crippen MR) is 82.3 cm³/mol. The van der Waals surface area contributed by atoms with E-state index >= 15 is 0 Å². The zero-order valence-corrected chi connectivity index (χ0v) is 13.1. The highest BCUT2D eigenvalue weighted by molar-refractivity contribution is 5.03. The van der Waals surface area contributed by atoms with Crippen molar-refractivity contribution in [2.24, 2.45) is 11.7 Å². The SMILES string of the molecule is CC(CC(C)(N)C#N)N1CCC(CN2CCCC2)CC1. The molecule has 2 N–H and O–H groups in total. The van der Waals surface area contributed by atoms with Crippen LogP contribution < -0.4 is 5.73 Å². The number of nitrogens with zero attached hydrogens (tertiary/aromatic N) is 3. The van der Waals surface area contributed by atoms with Crippen molar-refractivity contribution in [2.75, 3.05) is 32.7 Å². The molecular weight excluding hydrogens is 248 g/mol. The smallest absolute Gasteiger partial charge is 0.102 e. The Hall–Kier alpha value is -0.630. The van der Waals surface area contributed by atoms with Gasteiger partial charge in [0, 0.05) is 12.6 Å². The van der Waals surface area contributed by atoms with Gasteiger partial charge in [0.25, 0.3) is 0 Å². The minimum atomic E-state index is -0.689. The van der Waals surface area contributed by atoms with Crippen LogP contribution in [0.25, 0.3) is 0 Å². The van der Waals surface area contributed by atoms with E-state index in [1.54, 1.807) is 0 Å². The van der Waals surface area contributed by atoms with Crippen LogP contribution in [0, 0.1) is 17.2 Å². The molecule has 0 aromatic rings. The fourth-order valence-electron chi connectivity index (χ4n) is 3.70. The van der Waals surface area contributed by atoms with Crippen LogP contribution in [0.15, 0.2) is 0 Å². The maximum absolute atomic E-state index is 9.04. The van der Waals surface area contributed by atoms with Gasteiger partial charge < -0.3 is 15.5 Å². The van der Waals surface area contributed by atoms with Crippen molar-refractivity contribution in [3.05, 3.63) is 0 Å². The third-order valence-corrected chi connectivity index (χ3v) is 4.96. The Morgan fingerprint density at radius 2 is 1.85 bits per heavy atom. The fourth-order valence-corrected chi connectivity index (χ4v) is 3.70. The molecule has 2 atom stereocenters. The Morgan fingerprint density at radius 1 is 1.25 bits per heavy atom. The van der Waals surface area contributed by atoms with Crippen molar-refractivity contribution < 1.29 is 0 Å². The lowest BCUT2D eigenvalue weighted by Crippen LogP contribution is -2.47. The summed E-state index contributed by atoms with van der Waals surface area (Å²) in [4.78, 5) is 5.15. The number of likely N-dealkylation sites (tertiary alicyclic amines) is 2. The van der Waals surface area contributed by atoms with E-state index in [4.69, 9.17) is 11.0 Å². The van der Waals surface area contributed by atoms with E-state index in [0.717, 1.165) is 12.3 Å². The molecule has 0 spiro atoms. The summed E-state index contributed by atoms with van der Waals surface area (Å²) in [5, 5.41) is 9.04. The standard InChI is InChI=1S/C16H30N4/c1-14(11-16(2,18)13-17)20-9-5-15(6-10-20)12-19-7-3-4-8-19/h14-15H,3-12,18H2,1-2H3. The van der Waals surface area contributed by atoms with Gasteiger partial charge in [-0.15, -0.1) is 0 Å². The second-order valence-corrected chi connectivity index (χ2v) is 7.07. The first kappa shape index (κ1) is 15.8. The maximum atomic E-state index is 9.04. The highest BCUT2D eigenvalue weighted by Gasteiger charge is 2.28. The first-order valence-electron chi connectivity index (χ1n) is 8.17. The molecule has 2 aliphatic rings. The summed E-state index contributed by atoms with van der Waals surface area (Å²) in [7, 11) is 0. The molecule has 114 valence electrons. The van der Waals surface area contributed by atoms with Gasteiger partial charge >= 0.3 is 0 Å². The van der Waals surface area contributed by atoms with Crippen LogP contribution >= 0.6 is 0 Å².